The number of aliphatic carboxylic acids is 1. The minimum atomic E-state index is -1.07. The van der Waals surface area contributed by atoms with Gasteiger partial charge in [-0.1, -0.05) is 25.5 Å². The number of carboxylic acids is 1. The van der Waals surface area contributed by atoms with Gasteiger partial charge in [0.25, 0.3) is 5.91 Å². The molecule has 5 heteroatoms. The summed E-state index contributed by atoms with van der Waals surface area (Å²) in [6, 6.07) is 6.61. The number of hydrogen-bond acceptors (Lipinski definition) is 3. The lowest BCUT2D eigenvalue weighted by Crippen LogP contribution is -2.40. The largest absolute Gasteiger partial charge is 0.484 e. The van der Waals surface area contributed by atoms with Gasteiger partial charge in [-0.25, -0.2) is 0 Å². The number of carboxylic acid groups (broad SMARTS) is 1. The molecule has 0 aromatic heterocycles. The number of benzene rings is 1. The highest BCUT2D eigenvalue weighted by molar-refractivity contribution is 5.84. The van der Waals surface area contributed by atoms with Gasteiger partial charge in [0.15, 0.2) is 6.61 Å². The van der Waals surface area contributed by atoms with E-state index in [0.29, 0.717) is 5.75 Å². The van der Waals surface area contributed by atoms with Crippen molar-refractivity contribution in [3.05, 3.63) is 29.8 Å². The molecule has 0 spiro atoms. The summed E-state index contributed by atoms with van der Waals surface area (Å²) in [5.41, 5.74) is 1.22. The third-order valence-electron chi connectivity index (χ3n) is 2.58. The predicted octanol–water partition coefficient (Wildman–Crippen LogP) is 1.61. The first kappa shape index (κ1) is 15.0. The molecule has 104 valence electrons. The van der Waals surface area contributed by atoms with Crippen molar-refractivity contribution in [1.82, 2.24) is 5.32 Å². The third-order valence-corrected chi connectivity index (χ3v) is 2.58. The van der Waals surface area contributed by atoms with Crippen molar-refractivity contribution in [3.63, 3.8) is 0 Å². The van der Waals surface area contributed by atoms with Crippen molar-refractivity contribution in [3.8, 4) is 5.75 Å². The molecule has 1 amide bonds. The number of carbonyl (C=O) groups is 2. The molecule has 1 unspecified atom stereocenters. The Morgan fingerprint density at radius 3 is 2.47 bits per heavy atom. The van der Waals surface area contributed by atoms with E-state index in [0.717, 1.165) is 12.8 Å². The zero-order valence-electron chi connectivity index (χ0n) is 11.2. The fraction of sp³-hybridized carbons (Fsp3) is 0.429. The summed E-state index contributed by atoms with van der Waals surface area (Å²) >= 11 is 0. The first-order valence-electron chi connectivity index (χ1n) is 6.26. The second-order valence-electron chi connectivity index (χ2n) is 4.31. The predicted molar refractivity (Wildman–Crippen MR) is 71.2 cm³/mol. The highest BCUT2D eigenvalue weighted by atomic mass is 16.5. The Hall–Kier alpha value is -2.04. The zero-order valence-corrected chi connectivity index (χ0v) is 11.2. The number of hydrogen-bond donors (Lipinski definition) is 2. The standard InChI is InChI=1S/C14H19NO4/c1-3-4-11-5-7-12(8-6-11)19-9-13(16)15-10(2)14(17)18/h5-8,10H,3-4,9H2,1-2H3,(H,15,16)(H,17,18). The number of amides is 1. The van der Waals surface area contributed by atoms with Gasteiger partial charge >= 0.3 is 5.97 Å². The summed E-state index contributed by atoms with van der Waals surface area (Å²) < 4.78 is 5.28. The van der Waals surface area contributed by atoms with Gasteiger partial charge in [0.1, 0.15) is 11.8 Å². The Bertz CT molecular complexity index is 428. The molecule has 19 heavy (non-hydrogen) atoms. The summed E-state index contributed by atoms with van der Waals surface area (Å²) in [6.07, 6.45) is 2.09. The first-order chi connectivity index (χ1) is 9.02. The molecule has 0 saturated heterocycles. The molecular weight excluding hydrogens is 246 g/mol. The summed E-state index contributed by atoms with van der Waals surface area (Å²) in [4.78, 5) is 22.0. The van der Waals surface area contributed by atoms with E-state index in [1.807, 2.05) is 12.1 Å². The molecule has 1 aromatic carbocycles. The smallest absolute Gasteiger partial charge is 0.325 e. The van der Waals surface area contributed by atoms with Gasteiger partial charge in [-0.15, -0.1) is 0 Å². The molecule has 0 aliphatic carbocycles. The fourth-order valence-electron chi connectivity index (χ4n) is 1.53. The van der Waals surface area contributed by atoms with Crippen molar-refractivity contribution in [2.45, 2.75) is 32.7 Å². The summed E-state index contributed by atoms with van der Waals surface area (Å²) in [6.45, 7) is 3.32. The monoisotopic (exact) mass is 265 g/mol. The van der Waals surface area contributed by atoms with Gasteiger partial charge in [-0.3, -0.25) is 9.59 Å². The quantitative estimate of drug-likeness (QED) is 0.785. The highest BCUT2D eigenvalue weighted by Gasteiger charge is 2.13. The van der Waals surface area contributed by atoms with Crippen molar-refractivity contribution in [1.29, 1.82) is 0 Å². The molecule has 0 bridgehead atoms. The lowest BCUT2D eigenvalue weighted by molar-refractivity contribution is -0.141. The van der Waals surface area contributed by atoms with E-state index in [1.54, 1.807) is 12.1 Å². The van der Waals surface area contributed by atoms with Crippen LogP contribution in [0.25, 0.3) is 0 Å². The lowest BCUT2D eigenvalue weighted by atomic mass is 10.1. The van der Waals surface area contributed by atoms with Crippen LogP contribution in [0.2, 0.25) is 0 Å². The first-order valence-corrected chi connectivity index (χ1v) is 6.26. The van der Waals surface area contributed by atoms with Crippen LogP contribution >= 0.6 is 0 Å². The molecule has 1 aromatic rings. The number of rotatable bonds is 7. The van der Waals surface area contributed by atoms with Crippen LogP contribution in [0, 0.1) is 0 Å². The van der Waals surface area contributed by atoms with Crippen LogP contribution in [0.4, 0.5) is 0 Å². The van der Waals surface area contributed by atoms with E-state index < -0.39 is 17.9 Å². The number of ether oxygens (including phenoxy) is 1. The van der Waals surface area contributed by atoms with Crippen LogP contribution in [-0.4, -0.2) is 29.6 Å². The van der Waals surface area contributed by atoms with E-state index in [9.17, 15) is 9.59 Å². The molecule has 0 heterocycles. The third kappa shape index (κ3) is 5.42. The topological polar surface area (TPSA) is 75.6 Å². The summed E-state index contributed by atoms with van der Waals surface area (Å²) in [5, 5.41) is 11.0. The molecule has 1 atom stereocenters. The Labute approximate surface area is 112 Å². The molecule has 0 aliphatic rings. The van der Waals surface area contributed by atoms with Gasteiger partial charge in [-0.2, -0.15) is 0 Å². The number of nitrogens with one attached hydrogen (secondary N) is 1. The van der Waals surface area contributed by atoms with Crippen molar-refractivity contribution in [2.24, 2.45) is 0 Å². The summed E-state index contributed by atoms with van der Waals surface area (Å²) in [7, 11) is 0. The summed E-state index contributed by atoms with van der Waals surface area (Å²) in [5.74, 6) is -0.928. The maximum absolute atomic E-state index is 11.4. The van der Waals surface area contributed by atoms with E-state index >= 15 is 0 Å². The van der Waals surface area contributed by atoms with Gasteiger partial charge in [0.2, 0.25) is 0 Å². The fourth-order valence-corrected chi connectivity index (χ4v) is 1.53. The average Bonchev–Trinajstić information content (AvgIpc) is 2.38. The van der Waals surface area contributed by atoms with Gasteiger partial charge in [0.05, 0.1) is 0 Å². The van der Waals surface area contributed by atoms with Crippen LogP contribution < -0.4 is 10.1 Å². The van der Waals surface area contributed by atoms with Gasteiger partial charge in [0, 0.05) is 0 Å². The van der Waals surface area contributed by atoms with Crippen LogP contribution in [-0.2, 0) is 16.0 Å². The van der Waals surface area contributed by atoms with E-state index in [2.05, 4.69) is 12.2 Å². The average molecular weight is 265 g/mol. The van der Waals surface area contributed by atoms with Crippen molar-refractivity contribution < 1.29 is 19.4 Å². The molecule has 2 N–H and O–H groups in total. The normalized spacial score (nSPS) is 11.7. The Morgan fingerprint density at radius 2 is 1.95 bits per heavy atom. The maximum Gasteiger partial charge on any atom is 0.325 e. The van der Waals surface area contributed by atoms with E-state index in [1.165, 1.54) is 12.5 Å². The number of aryl methyl sites for hydroxylation is 1. The highest BCUT2D eigenvalue weighted by Crippen LogP contribution is 2.13. The van der Waals surface area contributed by atoms with E-state index in [-0.39, 0.29) is 6.61 Å². The van der Waals surface area contributed by atoms with Crippen molar-refractivity contribution in [2.75, 3.05) is 6.61 Å². The van der Waals surface area contributed by atoms with Crippen LogP contribution in [0.3, 0.4) is 0 Å². The molecule has 0 saturated carbocycles. The van der Waals surface area contributed by atoms with Crippen LogP contribution in [0.5, 0.6) is 5.75 Å². The Balaban J connectivity index is 2.39. The Kier molecular flexibility index (Phi) is 5.85. The SMILES string of the molecule is CCCc1ccc(OCC(=O)NC(C)C(=O)O)cc1. The van der Waals surface area contributed by atoms with Gasteiger partial charge in [-0.05, 0) is 31.0 Å². The second-order valence-corrected chi connectivity index (χ2v) is 4.31. The molecule has 5 nitrogen and oxygen atoms in total. The second kappa shape index (κ2) is 7.41. The van der Waals surface area contributed by atoms with Crippen LogP contribution in [0.1, 0.15) is 25.8 Å². The minimum absolute atomic E-state index is 0.190. The van der Waals surface area contributed by atoms with Gasteiger partial charge < -0.3 is 15.2 Å². The minimum Gasteiger partial charge on any atom is -0.484 e. The van der Waals surface area contributed by atoms with E-state index in [4.69, 9.17) is 9.84 Å². The molecular formula is C14H19NO4. The number of carbonyl (C=O) groups excluding carboxylic acids is 1. The van der Waals surface area contributed by atoms with Crippen molar-refractivity contribution >= 4 is 11.9 Å². The maximum atomic E-state index is 11.4. The lowest BCUT2D eigenvalue weighted by Gasteiger charge is -2.10. The molecule has 0 aliphatic heterocycles. The molecule has 0 fully saturated rings. The Morgan fingerprint density at radius 1 is 1.32 bits per heavy atom. The molecule has 1 rings (SSSR count). The van der Waals surface area contributed by atoms with Crippen LogP contribution in [0.15, 0.2) is 24.3 Å². The zero-order chi connectivity index (χ0) is 14.3. The molecule has 0 radical (unpaired) electrons.